The molecule has 3 heterocycles. The van der Waals surface area contributed by atoms with Crippen LogP contribution in [0.25, 0.3) is 16.5 Å². The van der Waals surface area contributed by atoms with Gasteiger partial charge in [-0.3, -0.25) is 18.7 Å². The van der Waals surface area contributed by atoms with Gasteiger partial charge in [0.2, 0.25) is 0 Å². The summed E-state index contributed by atoms with van der Waals surface area (Å²) in [6.45, 7) is 3.18. The van der Waals surface area contributed by atoms with Crippen LogP contribution >= 0.6 is 11.3 Å². The third-order valence-electron chi connectivity index (χ3n) is 8.07. The zero-order valence-corrected chi connectivity index (χ0v) is 25.0. The number of halogens is 2. The lowest BCUT2D eigenvalue weighted by molar-refractivity contribution is -0.140. The molecule has 0 aliphatic carbocycles. The number of aryl methyl sites for hydroxylation is 1. The first-order chi connectivity index (χ1) is 20.9. The molecule has 1 aliphatic rings. The van der Waals surface area contributed by atoms with E-state index in [-0.39, 0.29) is 30.2 Å². The molecule has 4 aromatic rings. The second-order valence-corrected chi connectivity index (χ2v) is 11.5. The molecule has 0 bridgehead atoms. The number of benzene rings is 2. The van der Waals surface area contributed by atoms with Gasteiger partial charge in [0.25, 0.3) is 5.56 Å². The van der Waals surface area contributed by atoms with Gasteiger partial charge in [0.1, 0.15) is 11.6 Å². The van der Waals surface area contributed by atoms with Gasteiger partial charge in [0, 0.05) is 36.9 Å². The fraction of sp³-hybridized carbons (Fsp3) is 0.364. The van der Waals surface area contributed by atoms with Crippen LogP contribution in [0.1, 0.15) is 49.7 Å². The van der Waals surface area contributed by atoms with E-state index in [0.29, 0.717) is 23.9 Å². The second kappa shape index (κ2) is 14.1. The molecule has 0 saturated carbocycles. The minimum Gasteiger partial charge on any atom is -0.469 e. The lowest BCUT2D eigenvalue weighted by Gasteiger charge is -2.30. The van der Waals surface area contributed by atoms with E-state index in [9.17, 15) is 23.2 Å². The molecule has 1 aliphatic heterocycles. The summed E-state index contributed by atoms with van der Waals surface area (Å²) in [7, 11) is 1.31. The van der Waals surface area contributed by atoms with E-state index in [4.69, 9.17) is 4.74 Å². The number of thiophene rings is 1. The van der Waals surface area contributed by atoms with Crippen molar-refractivity contribution in [3.63, 3.8) is 0 Å². The van der Waals surface area contributed by atoms with Crippen LogP contribution in [0, 0.1) is 11.6 Å². The van der Waals surface area contributed by atoms with Gasteiger partial charge in [0.05, 0.1) is 24.4 Å². The van der Waals surface area contributed by atoms with Gasteiger partial charge >= 0.3 is 11.7 Å². The quantitative estimate of drug-likeness (QED) is 0.158. The van der Waals surface area contributed by atoms with Crippen molar-refractivity contribution < 1.29 is 18.3 Å². The molecule has 2 aromatic heterocycles. The molecule has 0 spiro atoms. The van der Waals surface area contributed by atoms with Gasteiger partial charge in [-0.15, -0.1) is 11.3 Å². The van der Waals surface area contributed by atoms with Gasteiger partial charge in [0.15, 0.2) is 0 Å². The Bertz CT molecular complexity index is 1660. The number of ether oxygens (including phenoxy) is 1. The highest BCUT2D eigenvalue weighted by Gasteiger charge is 2.20. The molecule has 5 rings (SSSR count). The van der Waals surface area contributed by atoms with Crippen LogP contribution in [0.3, 0.4) is 0 Å². The van der Waals surface area contributed by atoms with E-state index in [1.807, 2.05) is 0 Å². The van der Waals surface area contributed by atoms with Crippen molar-refractivity contribution in [1.29, 1.82) is 0 Å². The van der Waals surface area contributed by atoms with E-state index in [0.717, 1.165) is 62.0 Å². The number of likely N-dealkylation sites (tertiary alicyclic amines) is 1. The molecule has 10 heteroatoms. The first-order valence-corrected chi connectivity index (χ1v) is 15.5. The largest absolute Gasteiger partial charge is 0.469 e. The first-order valence-electron chi connectivity index (χ1n) is 14.6. The molecule has 0 radical (unpaired) electrons. The van der Waals surface area contributed by atoms with Crippen LogP contribution in [0.4, 0.5) is 8.78 Å². The SMILES string of the molecule is COC(=O)CCn1c(=O)n(CCCCCN2CCC(=C(c3ccc(F)cc3)c3ccc(F)cc3)CC2)c(=O)c2cscc21. The highest BCUT2D eigenvalue weighted by molar-refractivity contribution is 7.09. The van der Waals surface area contributed by atoms with Gasteiger partial charge in [-0.25, -0.2) is 13.6 Å². The van der Waals surface area contributed by atoms with Crippen molar-refractivity contribution in [2.45, 2.75) is 51.6 Å². The molecule has 0 N–H and O–H groups in total. The average Bonchev–Trinajstić information content (AvgIpc) is 3.51. The Balaban J connectivity index is 1.18. The Labute approximate surface area is 252 Å². The molecular weight excluding hydrogens is 572 g/mol. The number of aromatic nitrogens is 2. The number of esters is 1. The maximum atomic E-state index is 13.6. The Morgan fingerprint density at radius 1 is 0.814 bits per heavy atom. The molecule has 7 nitrogen and oxygen atoms in total. The first kappa shape index (κ1) is 30.6. The number of carbonyl (C=O) groups excluding carboxylic acids is 1. The van der Waals surface area contributed by atoms with Crippen LogP contribution in [-0.2, 0) is 22.6 Å². The summed E-state index contributed by atoms with van der Waals surface area (Å²) in [5.41, 5.74) is 4.05. The number of hydrogen-bond acceptors (Lipinski definition) is 6. The van der Waals surface area contributed by atoms with E-state index in [2.05, 4.69) is 4.90 Å². The molecule has 0 atom stereocenters. The summed E-state index contributed by atoms with van der Waals surface area (Å²) in [5, 5.41) is 4.01. The lowest BCUT2D eigenvalue weighted by atomic mass is 9.88. The van der Waals surface area contributed by atoms with Crippen LogP contribution in [0.15, 0.2) is 74.5 Å². The van der Waals surface area contributed by atoms with Gasteiger partial charge in [-0.2, -0.15) is 0 Å². The fourth-order valence-corrected chi connectivity index (χ4v) is 6.55. The Hall–Kier alpha value is -3.89. The number of nitrogens with zero attached hydrogens (tertiary/aromatic N) is 3. The second-order valence-electron chi connectivity index (χ2n) is 10.8. The maximum Gasteiger partial charge on any atom is 0.331 e. The van der Waals surface area contributed by atoms with E-state index in [1.165, 1.54) is 57.4 Å². The minimum absolute atomic E-state index is 0.0571. The van der Waals surface area contributed by atoms with Crippen molar-refractivity contribution in [3.8, 4) is 0 Å². The molecule has 0 unspecified atom stereocenters. The molecule has 226 valence electrons. The minimum atomic E-state index is -0.407. The third-order valence-corrected chi connectivity index (χ3v) is 8.80. The molecular formula is C33H35F2N3O4S. The van der Waals surface area contributed by atoms with E-state index >= 15 is 0 Å². The van der Waals surface area contributed by atoms with Crippen molar-refractivity contribution in [3.05, 3.63) is 108 Å². The molecule has 1 fully saturated rings. The van der Waals surface area contributed by atoms with Gasteiger partial charge in [-0.1, -0.05) is 36.3 Å². The lowest BCUT2D eigenvalue weighted by Crippen LogP contribution is -2.40. The van der Waals surface area contributed by atoms with Crippen LogP contribution in [0.5, 0.6) is 0 Å². The summed E-state index contributed by atoms with van der Waals surface area (Å²) in [5.74, 6) is -0.984. The number of carbonyl (C=O) groups is 1. The third kappa shape index (κ3) is 7.19. The highest BCUT2D eigenvalue weighted by atomic mass is 32.1. The molecule has 2 aromatic carbocycles. The van der Waals surface area contributed by atoms with Crippen LogP contribution in [0.2, 0.25) is 0 Å². The molecule has 0 amide bonds. The number of rotatable bonds is 11. The van der Waals surface area contributed by atoms with Crippen LogP contribution < -0.4 is 11.2 Å². The Morgan fingerprint density at radius 3 is 2.02 bits per heavy atom. The number of unbranched alkanes of at least 4 members (excludes halogenated alkanes) is 2. The van der Waals surface area contributed by atoms with Crippen molar-refractivity contribution >= 4 is 33.8 Å². The zero-order valence-electron chi connectivity index (χ0n) is 24.2. The monoisotopic (exact) mass is 607 g/mol. The average molecular weight is 608 g/mol. The predicted octanol–water partition coefficient (Wildman–Crippen LogP) is 5.83. The van der Waals surface area contributed by atoms with Crippen molar-refractivity contribution in [1.82, 2.24) is 14.0 Å². The summed E-state index contributed by atoms with van der Waals surface area (Å²) < 4.78 is 34.7. The topological polar surface area (TPSA) is 73.5 Å². The number of methoxy groups -OCH3 is 1. The molecule has 43 heavy (non-hydrogen) atoms. The zero-order chi connectivity index (χ0) is 30.3. The summed E-state index contributed by atoms with van der Waals surface area (Å²) in [6.07, 6.45) is 4.29. The van der Waals surface area contributed by atoms with Crippen LogP contribution in [-0.4, -0.2) is 46.7 Å². The van der Waals surface area contributed by atoms with E-state index in [1.54, 1.807) is 35.0 Å². The Morgan fingerprint density at radius 2 is 1.42 bits per heavy atom. The number of piperidine rings is 1. The standard InChI is InChI=1S/C33H35F2N3O4S/c1-42-30(39)15-20-37-29-22-43-21-28(29)32(40)38(33(37)41)17-4-2-3-16-36-18-13-25(14-19-36)31(23-5-9-26(34)10-6-23)24-7-11-27(35)12-8-24/h5-12,21-22H,2-4,13-20H2,1H3. The van der Waals surface area contributed by atoms with Gasteiger partial charge < -0.3 is 9.64 Å². The highest BCUT2D eigenvalue weighted by Crippen LogP contribution is 2.32. The summed E-state index contributed by atoms with van der Waals surface area (Å²) in [6, 6.07) is 13.0. The predicted molar refractivity (Wildman–Crippen MR) is 165 cm³/mol. The Kier molecular flexibility index (Phi) is 9.99. The molecule has 1 saturated heterocycles. The van der Waals surface area contributed by atoms with Crippen molar-refractivity contribution in [2.24, 2.45) is 0 Å². The summed E-state index contributed by atoms with van der Waals surface area (Å²) >= 11 is 1.36. The normalized spacial score (nSPS) is 13.9. The fourth-order valence-electron chi connectivity index (χ4n) is 5.75. The maximum absolute atomic E-state index is 13.6. The number of fused-ring (bicyclic) bond motifs is 1. The van der Waals surface area contributed by atoms with E-state index < -0.39 is 11.7 Å². The van der Waals surface area contributed by atoms with Gasteiger partial charge in [-0.05, 0) is 73.2 Å². The summed E-state index contributed by atoms with van der Waals surface area (Å²) in [4.78, 5) is 40.3. The number of hydrogen-bond donors (Lipinski definition) is 0. The van der Waals surface area contributed by atoms with Crippen molar-refractivity contribution in [2.75, 3.05) is 26.7 Å². The smallest absolute Gasteiger partial charge is 0.331 e.